The second-order valence-electron chi connectivity index (χ2n) is 7.19. The van der Waals surface area contributed by atoms with E-state index in [0.717, 1.165) is 37.4 Å². The smallest absolute Gasteiger partial charge is 0.253 e. The number of rotatable bonds is 7. The van der Waals surface area contributed by atoms with Gasteiger partial charge in [0.25, 0.3) is 10.0 Å². The Morgan fingerprint density at radius 2 is 1.96 bits per heavy atom. The molecule has 8 heteroatoms. The van der Waals surface area contributed by atoms with Crippen LogP contribution in [0.4, 0.5) is 0 Å². The second-order valence-corrected chi connectivity index (χ2v) is 10.6. The van der Waals surface area contributed by atoms with Gasteiger partial charge in [0.05, 0.1) is 0 Å². The van der Waals surface area contributed by atoms with Gasteiger partial charge in [-0.2, -0.15) is 4.31 Å². The molecule has 1 aromatic rings. The number of aryl methyl sites for hydroxylation is 1. The van der Waals surface area contributed by atoms with Crippen LogP contribution >= 0.6 is 11.3 Å². The first-order valence-electron chi connectivity index (χ1n) is 9.57. The number of nitrogens with one attached hydrogen (secondary N) is 1. The minimum absolute atomic E-state index is 0.155. The first kappa shape index (κ1) is 19.8. The number of carbonyl (C=O) groups is 1. The molecule has 0 aliphatic carbocycles. The van der Waals surface area contributed by atoms with Gasteiger partial charge in [-0.1, -0.05) is 6.42 Å². The van der Waals surface area contributed by atoms with Crippen molar-refractivity contribution >= 4 is 27.3 Å². The maximum atomic E-state index is 12.8. The van der Waals surface area contributed by atoms with Crippen molar-refractivity contribution in [2.75, 3.05) is 32.7 Å². The zero-order valence-corrected chi connectivity index (χ0v) is 17.1. The first-order valence-corrected chi connectivity index (χ1v) is 11.8. The third-order valence-electron chi connectivity index (χ3n) is 5.18. The third kappa shape index (κ3) is 4.65. The number of carbonyl (C=O) groups excluding carboxylic acids is 1. The van der Waals surface area contributed by atoms with Gasteiger partial charge in [-0.3, -0.25) is 4.79 Å². The fraction of sp³-hybridized carbons (Fsp3) is 0.722. The number of thiophene rings is 1. The van der Waals surface area contributed by atoms with Gasteiger partial charge in [-0.15, -0.1) is 11.3 Å². The summed E-state index contributed by atoms with van der Waals surface area (Å²) >= 11 is 1.27. The van der Waals surface area contributed by atoms with Crippen molar-refractivity contribution in [2.24, 2.45) is 0 Å². The molecule has 0 bridgehead atoms. The monoisotopic (exact) mass is 399 g/mol. The number of hydrogen-bond acceptors (Lipinski definition) is 5. The standard InChI is InChI=1S/C18H29N3O3S2/c1-15-8-9-17(25-15)26(23,24)21-14-5-7-16(21)18(22)19-10-6-13-20-11-3-2-4-12-20/h8-9,16H,2-7,10-14H2,1H3,(H,19,22). The van der Waals surface area contributed by atoms with Crippen LogP contribution in [0.1, 0.15) is 43.4 Å². The van der Waals surface area contributed by atoms with Gasteiger partial charge in [-0.25, -0.2) is 8.42 Å². The average molecular weight is 400 g/mol. The van der Waals surface area contributed by atoms with Gasteiger partial charge >= 0.3 is 0 Å². The molecule has 2 saturated heterocycles. The molecule has 146 valence electrons. The van der Waals surface area contributed by atoms with Gasteiger partial charge in [0, 0.05) is 18.0 Å². The van der Waals surface area contributed by atoms with Crippen molar-refractivity contribution in [2.45, 2.75) is 55.7 Å². The van der Waals surface area contributed by atoms with Crippen molar-refractivity contribution in [1.82, 2.24) is 14.5 Å². The maximum Gasteiger partial charge on any atom is 0.253 e. The van der Waals surface area contributed by atoms with Crippen molar-refractivity contribution in [3.63, 3.8) is 0 Å². The Hall–Kier alpha value is -0.960. The molecule has 3 rings (SSSR count). The molecular weight excluding hydrogens is 370 g/mol. The molecule has 6 nitrogen and oxygen atoms in total. The van der Waals surface area contributed by atoms with Gasteiger partial charge < -0.3 is 10.2 Å². The lowest BCUT2D eigenvalue weighted by Crippen LogP contribution is -2.46. The van der Waals surface area contributed by atoms with Gasteiger partial charge in [0.2, 0.25) is 5.91 Å². The molecule has 0 aromatic carbocycles. The van der Waals surface area contributed by atoms with Crippen molar-refractivity contribution in [3.8, 4) is 0 Å². The normalized spacial score (nSPS) is 22.6. The molecule has 26 heavy (non-hydrogen) atoms. The molecule has 2 fully saturated rings. The lowest BCUT2D eigenvalue weighted by Gasteiger charge is -2.26. The van der Waals surface area contributed by atoms with Crippen molar-refractivity contribution in [1.29, 1.82) is 0 Å². The molecule has 1 unspecified atom stereocenters. The SMILES string of the molecule is Cc1ccc(S(=O)(=O)N2CCCC2C(=O)NCCCN2CCCCC2)s1. The minimum Gasteiger partial charge on any atom is -0.355 e. The van der Waals surface area contributed by atoms with Crippen LogP contribution in [0, 0.1) is 6.92 Å². The van der Waals surface area contributed by atoms with Crippen LogP contribution in [0.3, 0.4) is 0 Å². The topological polar surface area (TPSA) is 69.7 Å². The van der Waals surface area contributed by atoms with Crippen molar-refractivity contribution < 1.29 is 13.2 Å². The average Bonchev–Trinajstić information content (AvgIpc) is 3.29. The van der Waals surface area contributed by atoms with E-state index in [1.807, 2.05) is 13.0 Å². The third-order valence-corrected chi connectivity index (χ3v) is 8.56. The van der Waals surface area contributed by atoms with E-state index in [2.05, 4.69) is 10.2 Å². The Morgan fingerprint density at radius 3 is 2.65 bits per heavy atom. The summed E-state index contributed by atoms with van der Waals surface area (Å²) in [5.74, 6) is -0.155. The van der Waals surface area contributed by atoms with Crippen LogP contribution in [0.15, 0.2) is 16.3 Å². The van der Waals surface area contributed by atoms with E-state index < -0.39 is 16.1 Å². The summed E-state index contributed by atoms with van der Waals surface area (Å²) in [6.07, 6.45) is 6.10. The Balaban J connectivity index is 1.51. The first-order chi connectivity index (χ1) is 12.5. The van der Waals surface area contributed by atoms with Crippen LogP contribution in [-0.2, 0) is 14.8 Å². The molecule has 1 aromatic heterocycles. The molecule has 0 saturated carbocycles. The lowest BCUT2D eigenvalue weighted by molar-refractivity contribution is -0.124. The fourth-order valence-corrected chi connectivity index (χ4v) is 6.84. The summed E-state index contributed by atoms with van der Waals surface area (Å²) in [6.45, 7) is 6.23. The number of nitrogens with zero attached hydrogens (tertiary/aromatic N) is 2. The maximum absolute atomic E-state index is 12.8. The molecule has 2 aliphatic rings. The molecule has 2 aliphatic heterocycles. The molecule has 0 radical (unpaired) electrons. The molecule has 0 spiro atoms. The number of piperidine rings is 1. The van der Waals surface area contributed by atoms with Crippen LogP contribution in [0.25, 0.3) is 0 Å². The number of amides is 1. The van der Waals surface area contributed by atoms with E-state index in [-0.39, 0.29) is 5.91 Å². The zero-order valence-electron chi connectivity index (χ0n) is 15.4. The quantitative estimate of drug-likeness (QED) is 0.714. The Bertz CT molecular complexity index is 711. The highest BCUT2D eigenvalue weighted by Crippen LogP contribution is 2.30. The largest absolute Gasteiger partial charge is 0.355 e. The van der Waals surface area contributed by atoms with E-state index >= 15 is 0 Å². The predicted molar refractivity (Wildman–Crippen MR) is 104 cm³/mol. The fourth-order valence-electron chi connectivity index (χ4n) is 3.77. The van der Waals surface area contributed by atoms with Crippen LogP contribution in [0.5, 0.6) is 0 Å². The molecular formula is C18H29N3O3S2. The van der Waals surface area contributed by atoms with E-state index in [9.17, 15) is 13.2 Å². The summed E-state index contributed by atoms with van der Waals surface area (Å²) in [7, 11) is -3.58. The summed E-state index contributed by atoms with van der Waals surface area (Å²) in [5.41, 5.74) is 0. The highest BCUT2D eigenvalue weighted by molar-refractivity contribution is 7.91. The number of sulfonamides is 1. The highest BCUT2D eigenvalue weighted by atomic mass is 32.2. The summed E-state index contributed by atoms with van der Waals surface area (Å²) in [5, 5.41) is 2.95. The molecule has 1 amide bonds. The van der Waals surface area contributed by atoms with Gasteiger partial charge in [0.15, 0.2) is 0 Å². The second kappa shape index (κ2) is 8.82. The molecule has 1 atom stereocenters. The summed E-state index contributed by atoms with van der Waals surface area (Å²) in [4.78, 5) is 16.0. The Kier molecular flexibility index (Phi) is 6.71. The zero-order chi connectivity index (χ0) is 18.6. The summed E-state index contributed by atoms with van der Waals surface area (Å²) in [6, 6.07) is 2.88. The Labute approximate surface area is 160 Å². The van der Waals surface area contributed by atoms with E-state index in [1.54, 1.807) is 6.07 Å². The lowest BCUT2D eigenvalue weighted by atomic mass is 10.1. The van der Waals surface area contributed by atoms with Crippen LogP contribution < -0.4 is 5.32 Å². The van der Waals surface area contributed by atoms with Gasteiger partial charge in [-0.05, 0) is 70.8 Å². The van der Waals surface area contributed by atoms with Crippen LogP contribution in [-0.4, -0.2) is 62.3 Å². The predicted octanol–water partition coefficient (Wildman–Crippen LogP) is 2.20. The number of hydrogen-bond donors (Lipinski definition) is 1. The molecule has 1 N–H and O–H groups in total. The Morgan fingerprint density at radius 1 is 1.19 bits per heavy atom. The van der Waals surface area contributed by atoms with E-state index in [0.29, 0.717) is 23.7 Å². The van der Waals surface area contributed by atoms with Crippen molar-refractivity contribution in [3.05, 3.63) is 17.0 Å². The highest BCUT2D eigenvalue weighted by Gasteiger charge is 2.39. The van der Waals surface area contributed by atoms with E-state index in [4.69, 9.17) is 0 Å². The molecule has 3 heterocycles. The number of likely N-dealkylation sites (tertiary alicyclic amines) is 1. The van der Waals surface area contributed by atoms with Crippen LogP contribution in [0.2, 0.25) is 0 Å². The summed E-state index contributed by atoms with van der Waals surface area (Å²) < 4.78 is 27.4. The minimum atomic E-state index is -3.58. The van der Waals surface area contributed by atoms with Gasteiger partial charge in [0.1, 0.15) is 10.3 Å². The van der Waals surface area contributed by atoms with E-state index in [1.165, 1.54) is 34.9 Å².